The number of aromatic nitrogens is 2. The molecular weight excluding hydrogens is 594 g/mol. The van der Waals surface area contributed by atoms with Crippen LogP contribution in [0.25, 0.3) is 5.76 Å². The third-order valence-electron chi connectivity index (χ3n) is 7.09. The number of aliphatic hydroxyl groups is 1. The van der Waals surface area contributed by atoms with E-state index in [1.807, 2.05) is 48.5 Å². The third-order valence-corrected chi connectivity index (χ3v) is 9.56. The number of amides is 1. The number of fused-ring (bicyclic) bond motifs is 1. The number of anilines is 1. The summed E-state index contributed by atoms with van der Waals surface area (Å²) in [6, 6.07) is 19.3. The van der Waals surface area contributed by atoms with Crippen molar-refractivity contribution in [1.29, 1.82) is 0 Å². The molecule has 1 amide bonds. The third kappa shape index (κ3) is 5.37. The van der Waals surface area contributed by atoms with Crippen molar-refractivity contribution in [3.8, 4) is 11.5 Å². The average Bonchev–Trinajstić information content (AvgIpc) is 3.57. The van der Waals surface area contributed by atoms with Gasteiger partial charge in [-0.05, 0) is 46.9 Å². The largest absolute Gasteiger partial charge is 0.507 e. The fraction of sp³-hybridized carbons (Fsp3) is 0.226. The van der Waals surface area contributed by atoms with E-state index in [1.165, 1.54) is 28.0 Å². The van der Waals surface area contributed by atoms with E-state index in [1.54, 1.807) is 18.2 Å². The van der Waals surface area contributed by atoms with Crippen LogP contribution < -0.4 is 14.4 Å². The van der Waals surface area contributed by atoms with Crippen LogP contribution in [0.15, 0.2) is 76.6 Å². The molecule has 4 aromatic rings. The molecule has 3 aromatic carbocycles. The van der Waals surface area contributed by atoms with Gasteiger partial charge in [0.15, 0.2) is 15.8 Å². The summed E-state index contributed by atoms with van der Waals surface area (Å²) >= 11 is 8.95. The monoisotopic (exact) mass is 619 g/mol. The highest BCUT2D eigenvalue weighted by molar-refractivity contribution is 8.00. The molecule has 8 nitrogen and oxygen atoms in total. The lowest BCUT2D eigenvalue weighted by molar-refractivity contribution is -0.132. The Morgan fingerprint density at radius 2 is 1.79 bits per heavy atom. The van der Waals surface area contributed by atoms with E-state index in [-0.39, 0.29) is 16.5 Å². The molecule has 2 aliphatic rings. The Kier molecular flexibility index (Phi) is 7.94. The number of benzene rings is 3. The summed E-state index contributed by atoms with van der Waals surface area (Å²) in [5, 5.41) is 21.0. The number of Topliss-reactive ketones (excluding diaryl/α,β-unsaturated/α-hetero) is 1. The number of nitrogens with zero attached hydrogens (tertiary/aromatic N) is 3. The average molecular weight is 620 g/mol. The molecule has 2 aliphatic heterocycles. The molecule has 1 aromatic heterocycles. The second-order valence-corrected chi connectivity index (χ2v) is 12.7. The Morgan fingerprint density at radius 1 is 1.05 bits per heavy atom. The van der Waals surface area contributed by atoms with Crippen LogP contribution in [0.1, 0.15) is 48.1 Å². The summed E-state index contributed by atoms with van der Waals surface area (Å²) in [6.07, 6.45) is 0. The Hall–Kier alpha value is -3.86. The quantitative estimate of drug-likeness (QED) is 0.0775. The number of rotatable bonds is 7. The molecule has 0 radical (unpaired) electrons. The van der Waals surface area contributed by atoms with Crippen molar-refractivity contribution in [3.05, 3.63) is 99.6 Å². The lowest BCUT2D eigenvalue weighted by Gasteiger charge is -2.23. The molecule has 0 saturated carbocycles. The number of hydrogen-bond acceptors (Lipinski definition) is 9. The van der Waals surface area contributed by atoms with Crippen LogP contribution in [-0.2, 0) is 15.3 Å². The highest BCUT2D eigenvalue weighted by Crippen LogP contribution is 2.45. The number of hydrogen-bond donors (Lipinski definition) is 1. The van der Waals surface area contributed by atoms with E-state index < -0.39 is 17.7 Å². The first-order valence-corrected chi connectivity index (χ1v) is 15.5. The fourth-order valence-electron chi connectivity index (χ4n) is 4.87. The molecule has 0 aliphatic carbocycles. The second kappa shape index (κ2) is 11.8. The van der Waals surface area contributed by atoms with Gasteiger partial charge in [0.05, 0.1) is 11.6 Å². The van der Waals surface area contributed by atoms with Gasteiger partial charge >= 0.3 is 5.91 Å². The van der Waals surface area contributed by atoms with Gasteiger partial charge in [0.25, 0.3) is 5.78 Å². The maximum absolute atomic E-state index is 13.6. The standard InChI is InChI=1S/C31H26ClN3O5S2/c1-17(2)18-7-9-19(10-8-18)26-25(27(36)20-11-12-23-24(15-20)40-14-13-39-23)28(37)29(38)35(26)30-33-34-31(42-30)41-16-21-5-3-4-6-22(21)32/h3-12,15,17,26,36H,13-14,16H2,1-2H3/b27-25+/t26-/m0/s1. The number of ether oxygens (including phenoxy) is 2. The first kappa shape index (κ1) is 28.3. The molecule has 6 rings (SSSR count). The number of carbonyl (C=O) groups is 2. The smallest absolute Gasteiger partial charge is 0.301 e. The lowest BCUT2D eigenvalue weighted by atomic mass is 9.93. The van der Waals surface area contributed by atoms with Crippen LogP contribution in [0, 0.1) is 0 Å². The number of thioether (sulfide) groups is 1. The summed E-state index contributed by atoms with van der Waals surface area (Å²) in [7, 11) is 0. The van der Waals surface area contributed by atoms with Crippen LogP contribution in [0.3, 0.4) is 0 Å². The van der Waals surface area contributed by atoms with E-state index in [0.717, 1.165) is 11.1 Å². The van der Waals surface area contributed by atoms with Crippen molar-refractivity contribution in [3.63, 3.8) is 0 Å². The van der Waals surface area contributed by atoms with Crippen LogP contribution in [0.4, 0.5) is 5.13 Å². The van der Waals surface area contributed by atoms with Gasteiger partial charge in [-0.25, -0.2) is 0 Å². The van der Waals surface area contributed by atoms with Gasteiger partial charge in [0.2, 0.25) is 5.13 Å². The highest BCUT2D eigenvalue weighted by atomic mass is 35.5. The van der Waals surface area contributed by atoms with Crippen LogP contribution in [-0.4, -0.2) is 40.2 Å². The number of carbonyl (C=O) groups excluding carboxylic acids is 2. The van der Waals surface area contributed by atoms with Crippen molar-refractivity contribution < 1.29 is 24.2 Å². The normalized spacial score (nSPS) is 17.7. The summed E-state index contributed by atoms with van der Waals surface area (Å²) in [5.74, 6) is -0.0206. The maximum Gasteiger partial charge on any atom is 0.301 e. The zero-order valence-corrected chi connectivity index (χ0v) is 25.1. The van der Waals surface area contributed by atoms with Gasteiger partial charge in [-0.1, -0.05) is 91.0 Å². The van der Waals surface area contributed by atoms with E-state index in [9.17, 15) is 14.7 Å². The molecule has 0 unspecified atom stereocenters. The topological polar surface area (TPSA) is 102 Å². The molecule has 3 heterocycles. The van der Waals surface area contributed by atoms with Crippen LogP contribution in [0.5, 0.6) is 11.5 Å². The van der Waals surface area contributed by atoms with Gasteiger partial charge < -0.3 is 14.6 Å². The number of aliphatic hydroxyl groups excluding tert-OH is 1. The van der Waals surface area contributed by atoms with Crippen molar-refractivity contribution >= 4 is 57.3 Å². The van der Waals surface area contributed by atoms with E-state index >= 15 is 0 Å². The number of ketones is 1. The zero-order valence-electron chi connectivity index (χ0n) is 22.7. The molecule has 0 bridgehead atoms. The summed E-state index contributed by atoms with van der Waals surface area (Å²) in [4.78, 5) is 28.5. The zero-order chi connectivity index (χ0) is 29.4. The molecule has 0 spiro atoms. The molecular formula is C31H26ClN3O5S2. The van der Waals surface area contributed by atoms with E-state index in [0.29, 0.717) is 56.9 Å². The highest BCUT2D eigenvalue weighted by Gasteiger charge is 2.48. The van der Waals surface area contributed by atoms with Gasteiger partial charge in [0.1, 0.15) is 19.0 Å². The van der Waals surface area contributed by atoms with Gasteiger partial charge in [-0.15, -0.1) is 10.2 Å². The van der Waals surface area contributed by atoms with Crippen LogP contribution in [0.2, 0.25) is 5.02 Å². The van der Waals surface area contributed by atoms with E-state index in [2.05, 4.69) is 24.0 Å². The van der Waals surface area contributed by atoms with E-state index in [4.69, 9.17) is 21.1 Å². The SMILES string of the molecule is CC(C)c1ccc([C@H]2/C(=C(\O)c3ccc4c(c3)OCCO4)C(=O)C(=O)N2c2nnc(SCc3ccccc3Cl)s2)cc1. The van der Waals surface area contributed by atoms with Crippen LogP contribution >= 0.6 is 34.7 Å². The summed E-state index contributed by atoms with van der Waals surface area (Å²) < 4.78 is 11.9. The first-order chi connectivity index (χ1) is 20.3. The minimum absolute atomic E-state index is 0.0329. The van der Waals surface area contributed by atoms with Crippen molar-refractivity contribution in [2.45, 2.75) is 35.9 Å². The molecule has 11 heteroatoms. The fourth-order valence-corrected chi connectivity index (χ4v) is 7.02. The molecule has 42 heavy (non-hydrogen) atoms. The Morgan fingerprint density at radius 3 is 2.52 bits per heavy atom. The van der Waals surface area contributed by atoms with Crippen molar-refractivity contribution in [2.24, 2.45) is 0 Å². The molecule has 1 N–H and O–H groups in total. The summed E-state index contributed by atoms with van der Waals surface area (Å²) in [5.41, 5.74) is 3.03. The van der Waals surface area contributed by atoms with Crippen molar-refractivity contribution in [2.75, 3.05) is 18.1 Å². The maximum atomic E-state index is 13.6. The first-order valence-electron chi connectivity index (χ1n) is 13.3. The van der Waals surface area contributed by atoms with Gasteiger partial charge in [-0.3, -0.25) is 14.5 Å². The van der Waals surface area contributed by atoms with Gasteiger partial charge in [0, 0.05) is 16.3 Å². The molecule has 1 atom stereocenters. The molecule has 214 valence electrons. The second-order valence-electron chi connectivity index (χ2n) is 10.1. The molecule has 1 fully saturated rings. The van der Waals surface area contributed by atoms with Gasteiger partial charge in [-0.2, -0.15) is 0 Å². The Labute approximate surface area is 255 Å². The number of halogens is 1. The minimum Gasteiger partial charge on any atom is -0.507 e. The lowest BCUT2D eigenvalue weighted by Crippen LogP contribution is -2.29. The minimum atomic E-state index is -0.909. The Balaban J connectivity index is 1.40. The van der Waals surface area contributed by atoms with Crippen molar-refractivity contribution in [1.82, 2.24) is 10.2 Å². The predicted molar refractivity (Wildman–Crippen MR) is 164 cm³/mol. The summed E-state index contributed by atoms with van der Waals surface area (Å²) in [6.45, 7) is 4.98. The Bertz CT molecular complexity index is 1700. The predicted octanol–water partition coefficient (Wildman–Crippen LogP) is 7.00. The molecule has 1 saturated heterocycles.